The van der Waals surface area contributed by atoms with E-state index in [-0.39, 0.29) is 6.54 Å². The first-order valence-corrected chi connectivity index (χ1v) is 4.30. The molecule has 0 aromatic heterocycles. The summed E-state index contributed by atoms with van der Waals surface area (Å²) in [5, 5.41) is 2.58. The second-order valence-electron chi connectivity index (χ2n) is 3.13. The number of alkyl halides is 3. The van der Waals surface area contributed by atoms with E-state index in [0.29, 0.717) is 17.5 Å². The van der Waals surface area contributed by atoms with Gasteiger partial charge in [-0.3, -0.25) is 0 Å². The van der Waals surface area contributed by atoms with E-state index in [1.54, 1.807) is 13.0 Å². The van der Waals surface area contributed by atoms with Crippen LogP contribution in [0.25, 0.3) is 0 Å². The van der Waals surface area contributed by atoms with Crippen LogP contribution in [-0.4, -0.2) is 12.8 Å². The molecule has 0 unspecified atom stereocenters. The molecule has 82 valence electrons. The van der Waals surface area contributed by atoms with Crippen LogP contribution in [0.3, 0.4) is 0 Å². The highest BCUT2D eigenvalue weighted by Gasteiger charge is 2.30. The van der Waals surface area contributed by atoms with E-state index in [0.717, 1.165) is 12.1 Å². The largest absolute Gasteiger partial charge is 0.416 e. The summed E-state index contributed by atoms with van der Waals surface area (Å²) < 4.78 is 37.1. The number of benzene rings is 1. The Morgan fingerprint density at radius 3 is 2.53 bits per heavy atom. The quantitative estimate of drug-likeness (QED) is 0.788. The molecule has 1 aromatic carbocycles. The molecule has 0 aliphatic carbocycles. The van der Waals surface area contributed by atoms with Gasteiger partial charge in [-0.2, -0.15) is 13.2 Å². The maximum atomic E-state index is 12.4. The molecule has 1 aromatic rings. The van der Waals surface area contributed by atoms with Gasteiger partial charge in [-0.15, -0.1) is 0 Å². The number of halogens is 3. The maximum absolute atomic E-state index is 12.4. The van der Waals surface area contributed by atoms with Crippen molar-refractivity contribution in [2.24, 2.45) is 0 Å². The SMILES string of the molecule is Cc1cc(NCC=O)cc(C(F)(F)F)c1. The van der Waals surface area contributed by atoms with Gasteiger partial charge in [-0.1, -0.05) is 0 Å². The molecule has 0 amide bonds. The molecule has 15 heavy (non-hydrogen) atoms. The van der Waals surface area contributed by atoms with Gasteiger partial charge in [-0.25, -0.2) is 0 Å². The minimum atomic E-state index is -4.36. The number of carbonyl (C=O) groups excluding carboxylic acids is 1. The lowest BCUT2D eigenvalue weighted by Crippen LogP contribution is -2.08. The van der Waals surface area contributed by atoms with Crippen LogP contribution in [0.4, 0.5) is 18.9 Å². The Labute approximate surface area is 85.1 Å². The van der Waals surface area contributed by atoms with E-state index in [1.165, 1.54) is 0 Å². The molecular formula is C10H10F3NO. The van der Waals surface area contributed by atoms with Gasteiger partial charge in [0.1, 0.15) is 6.29 Å². The van der Waals surface area contributed by atoms with Crippen molar-refractivity contribution >= 4 is 12.0 Å². The second-order valence-corrected chi connectivity index (χ2v) is 3.13. The van der Waals surface area contributed by atoms with Crippen molar-refractivity contribution in [1.82, 2.24) is 0 Å². The van der Waals surface area contributed by atoms with Crippen molar-refractivity contribution in [2.45, 2.75) is 13.1 Å². The zero-order chi connectivity index (χ0) is 11.5. The van der Waals surface area contributed by atoms with Crippen LogP contribution in [0.5, 0.6) is 0 Å². The molecule has 5 heteroatoms. The van der Waals surface area contributed by atoms with Gasteiger partial charge in [0.25, 0.3) is 0 Å². The Morgan fingerprint density at radius 2 is 2.00 bits per heavy atom. The van der Waals surface area contributed by atoms with Gasteiger partial charge in [-0.05, 0) is 30.7 Å². The molecule has 0 saturated heterocycles. The first kappa shape index (κ1) is 11.6. The summed E-state index contributed by atoms with van der Waals surface area (Å²) in [5.41, 5.74) is 0.0866. The smallest absolute Gasteiger partial charge is 0.378 e. The van der Waals surface area contributed by atoms with Crippen molar-refractivity contribution < 1.29 is 18.0 Å². The molecule has 2 nitrogen and oxygen atoms in total. The highest BCUT2D eigenvalue weighted by molar-refractivity contribution is 5.60. The normalized spacial score (nSPS) is 11.2. The summed E-state index contributed by atoms with van der Waals surface area (Å²) in [6.07, 6.45) is -3.76. The summed E-state index contributed by atoms with van der Waals surface area (Å²) in [7, 11) is 0. The van der Waals surface area contributed by atoms with E-state index in [9.17, 15) is 18.0 Å². The van der Waals surface area contributed by atoms with Crippen molar-refractivity contribution in [1.29, 1.82) is 0 Å². The van der Waals surface area contributed by atoms with Crippen molar-refractivity contribution in [3.8, 4) is 0 Å². The number of carbonyl (C=O) groups is 1. The van der Waals surface area contributed by atoms with Crippen LogP contribution in [0, 0.1) is 6.92 Å². The molecule has 0 saturated carbocycles. The Morgan fingerprint density at radius 1 is 1.33 bits per heavy atom. The fourth-order valence-electron chi connectivity index (χ4n) is 1.21. The number of hydrogen-bond donors (Lipinski definition) is 1. The molecule has 1 N–H and O–H groups in total. The Balaban J connectivity index is 3.00. The Bertz CT molecular complexity index is 360. The predicted molar refractivity (Wildman–Crippen MR) is 50.7 cm³/mol. The van der Waals surface area contributed by atoms with Crippen molar-refractivity contribution in [2.75, 3.05) is 11.9 Å². The molecule has 0 bridgehead atoms. The predicted octanol–water partition coefficient (Wildman–Crippen LogP) is 2.62. The van der Waals surface area contributed by atoms with Crippen molar-refractivity contribution in [3.05, 3.63) is 29.3 Å². The van der Waals surface area contributed by atoms with Crippen LogP contribution >= 0.6 is 0 Å². The maximum Gasteiger partial charge on any atom is 0.416 e. The highest BCUT2D eigenvalue weighted by Crippen LogP contribution is 2.31. The van der Waals surface area contributed by atoms with Crippen LogP contribution in [0.15, 0.2) is 18.2 Å². The second kappa shape index (κ2) is 4.33. The Hall–Kier alpha value is -1.52. The monoisotopic (exact) mass is 217 g/mol. The zero-order valence-electron chi connectivity index (χ0n) is 8.06. The summed E-state index contributed by atoms with van der Waals surface area (Å²) in [6, 6.07) is 3.60. The lowest BCUT2D eigenvalue weighted by Gasteiger charge is -2.10. The average molecular weight is 217 g/mol. The van der Waals surface area contributed by atoms with Crippen LogP contribution in [0.2, 0.25) is 0 Å². The van der Waals surface area contributed by atoms with E-state index >= 15 is 0 Å². The summed E-state index contributed by atoms with van der Waals surface area (Å²) in [4.78, 5) is 10.1. The number of aldehydes is 1. The standard InChI is InChI=1S/C10H10F3NO/c1-7-4-8(10(11,12)13)6-9(5-7)14-2-3-15/h3-6,14H,2H2,1H3. The van der Waals surface area contributed by atoms with E-state index in [2.05, 4.69) is 5.32 Å². The molecule has 0 radical (unpaired) electrons. The number of nitrogens with one attached hydrogen (secondary N) is 1. The van der Waals surface area contributed by atoms with Gasteiger partial charge in [0.2, 0.25) is 0 Å². The summed E-state index contributed by atoms with van der Waals surface area (Å²) in [6.45, 7) is 1.57. The summed E-state index contributed by atoms with van der Waals surface area (Å²) >= 11 is 0. The van der Waals surface area contributed by atoms with Gasteiger partial charge >= 0.3 is 6.18 Å². The zero-order valence-corrected chi connectivity index (χ0v) is 8.06. The fraction of sp³-hybridized carbons (Fsp3) is 0.300. The average Bonchev–Trinajstić information content (AvgIpc) is 2.12. The van der Waals surface area contributed by atoms with Crippen LogP contribution < -0.4 is 5.32 Å². The van der Waals surface area contributed by atoms with Gasteiger partial charge in [0.15, 0.2) is 0 Å². The number of hydrogen-bond acceptors (Lipinski definition) is 2. The third kappa shape index (κ3) is 3.27. The highest BCUT2D eigenvalue weighted by atomic mass is 19.4. The third-order valence-electron chi connectivity index (χ3n) is 1.79. The van der Waals surface area contributed by atoms with Crippen molar-refractivity contribution in [3.63, 3.8) is 0 Å². The lowest BCUT2D eigenvalue weighted by atomic mass is 10.1. The molecule has 0 aliphatic rings. The molecule has 1 rings (SSSR count). The van der Waals surface area contributed by atoms with E-state index < -0.39 is 11.7 Å². The molecule has 0 fully saturated rings. The molecule has 0 atom stereocenters. The first-order chi connectivity index (χ1) is 6.93. The lowest BCUT2D eigenvalue weighted by molar-refractivity contribution is -0.137. The third-order valence-corrected chi connectivity index (χ3v) is 1.79. The topological polar surface area (TPSA) is 29.1 Å². The number of rotatable bonds is 3. The number of anilines is 1. The van der Waals surface area contributed by atoms with Gasteiger partial charge in [0.05, 0.1) is 12.1 Å². The van der Waals surface area contributed by atoms with E-state index in [1.807, 2.05) is 0 Å². The van der Waals surface area contributed by atoms with Gasteiger partial charge < -0.3 is 10.1 Å². The minimum Gasteiger partial charge on any atom is -0.378 e. The minimum absolute atomic E-state index is 0.000745. The molecule has 0 aliphatic heterocycles. The number of aryl methyl sites for hydroxylation is 1. The van der Waals surface area contributed by atoms with E-state index in [4.69, 9.17) is 0 Å². The molecule has 0 heterocycles. The van der Waals surface area contributed by atoms with Crippen LogP contribution in [0.1, 0.15) is 11.1 Å². The van der Waals surface area contributed by atoms with Crippen LogP contribution in [-0.2, 0) is 11.0 Å². The van der Waals surface area contributed by atoms with Gasteiger partial charge in [0, 0.05) is 5.69 Å². The summed E-state index contributed by atoms with van der Waals surface area (Å²) in [5.74, 6) is 0. The Kier molecular flexibility index (Phi) is 3.34. The molecular weight excluding hydrogens is 207 g/mol. The first-order valence-electron chi connectivity index (χ1n) is 4.30. The molecule has 0 spiro atoms. The fourth-order valence-corrected chi connectivity index (χ4v) is 1.21.